The fraction of sp³-hybridized carbons (Fsp3) is 0.455. The molecule has 3 N–H and O–H groups in total. The van der Waals surface area contributed by atoms with Crippen LogP contribution in [-0.2, 0) is 10.0 Å². The second kappa shape index (κ2) is 5.48. The Kier molecular flexibility index (Phi) is 4.50. The van der Waals surface area contributed by atoms with Gasteiger partial charge in [-0.05, 0) is 24.6 Å². The Bertz CT molecular complexity index is 485. The lowest BCUT2D eigenvalue weighted by Gasteiger charge is -2.20. The van der Waals surface area contributed by atoms with E-state index in [2.05, 4.69) is 0 Å². The summed E-state index contributed by atoms with van der Waals surface area (Å²) in [6, 6.07) is 4.79. The molecule has 0 saturated heterocycles. The maximum Gasteiger partial charge on any atom is 0.243 e. The molecule has 1 aromatic rings. The number of aliphatic hydroxyl groups excluding tert-OH is 1. The molecule has 0 saturated carbocycles. The molecule has 96 valence electrons. The molecule has 0 aromatic heterocycles. The number of benzene rings is 1. The van der Waals surface area contributed by atoms with Crippen LogP contribution in [0.15, 0.2) is 23.1 Å². The average molecular weight is 258 g/mol. The van der Waals surface area contributed by atoms with E-state index in [0.29, 0.717) is 17.8 Å². The van der Waals surface area contributed by atoms with Gasteiger partial charge in [-0.2, -0.15) is 4.31 Å². The van der Waals surface area contributed by atoms with Crippen molar-refractivity contribution in [2.75, 3.05) is 25.4 Å². The van der Waals surface area contributed by atoms with E-state index in [0.717, 1.165) is 0 Å². The third-order valence-corrected chi connectivity index (χ3v) is 4.65. The van der Waals surface area contributed by atoms with Crippen LogP contribution in [0.4, 0.5) is 5.69 Å². The fourth-order valence-electron chi connectivity index (χ4n) is 1.59. The third kappa shape index (κ3) is 2.96. The standard InChI is InChI=1S/C11H18N2O3S/c1-3-13(6-7-14)17(15,16)11-8-10(12)5-4-9(11)2/h4-5,8,14H,3,6-7,12H2,1-2H3. The third-order valence-electron chi connectivity index (χ3n) is 2.53. The zero-order valence-corrected chi connectivity index (χ0v) is 10.9. The molecule has 1 aromatic carbocycles. The van der Waals surface area contributed by atoms with Crippen molar-refractivity contribution < 1.29 is 13.5 Å². The fourth-order valence-corrected chi connectivity index (χ4v) is 3.29. The van der Waals surface area contributed by atoms with Crippen LogP contribution in [0.25, 0.3) is 0 Å². The van der Waals surface area contributed by atoms with Crippen molar-refractivity contribution >= 4 is 15.7 Å². The zero-order valence-electron chi connectivity index (χ0n) is 10.0. The van der Waals surface area contributed by atoms with Crippen molar-refractivity contribution in [2.45, 2.75) is 18.7 Å². The van der Waals surface area contributed by atoms with Gasteiger partial charge < -0.3 is 10.8 Å². The van der Waals surface area contributed by atoms with Crippen molar-refractivity contribution in [1.29, 1.82) is 0 Å². The van der Waals surface area contributed by atoms with Gasteiger partial charge in [-0.25, -0.2) is 8.42 Å². The maximum atomic E-state index is 12.3. The lowest BCUT2D eigenvalue weighted by atomic mass is 10.2. The van der Waals surface area contributed by atoms with Crippen molar-refractivity contribution in [3.05, 3.63) is 23.8 Å². The van der Waals surface area contributed by atoms with Gasteiger partial charge in [-0.3, -0.25) is 0 Å². The molecule has 0 aliphatic rings. The van der Waals surface area contributed by atoms with E-state index < -0.39 is 10.0 Å². The molecule has 0 fully saturated rings. The number of likely N-dealkylation sites (N-methyl/N-ethyl adjacent to an activating group) is 1. The summed E-state index contributed by atoms with van der Waals surface area (Å²) in [5.74, 6) is 0. The van der Waals surface area contributed by atoms with Crippen LogP contribution in [0.3, 0.4) is 0 Å². The van der Waals surface area contributed by atoms with E-state index in [9.17, 15) is 8.42 Å². The van der Waals surface area contributed by atoms with E-state index in [1.165, 1.54) is 10.4 Å². The van der Waals surface area contributed by atoms with Crippen molar-refractivity contribution in [1.82, 2.24) is 4.31 Å². The van der Waals surface area contributed by atoms with Crippen LogP contribution in [0.5, 0.6) is 0 Å². The van der Waals surface area contributed by atoms with Crippen molar-refractivity contribution in [3.8, 4) is 0 Å². The number of nitrogen functional groups attached to an aromatic ring is 1. The highest BCUT2D eigenvalue weighted by atomic mass is 32.2. The maximum absolute atomic E-state index is 12.3. The van der Waals surface area contributed by atoms with Gasteiger partial charge in [0.2, 0.25) is 10.0 Å². The van der Waals surface area contributed by atoms with Gasteiger partial charge in [0.25, 0.3) is 0 Å². The number of aliphatic hydroxyl groups is 1. The normalized spacial score (nSPS) is 12.0. The monoisotopic (exact) mass is 258 g/mol. The van der Waals surface area contributed by atoms with Crippen LogP contribution in [-0.4, -0.2) is 37.5 Å². The largest absolute Gasteiger partial charge is 0.399 e. The molecule has 0 atom stereocenters. The smallest absolute Gasteiger partial charge is 0.243 e. The summed E-state index contributed by atoms with van der Waals surface area (Å²) < 4.78 is 25.8. The number of aryl methyl sites for hydroxylation is 1. The molecule has 0 unspecified atom stereocenters. The Morgan fingerprint density at radius 1 is 1.41 bits per heavy atom. The van der Waals surface area contributed by atoms with E-state index in [1.54, 1.807) is 26.0 Å². The van der Waals surface area contributed by atoms with Gasteiger partial charge in [-0.15, -0.1) is 0 Å². The molecule has 17 heavy (non-hydrogen) atoms. The van der Waals surface area contributed by atoms with Crippen LogP contribution in [0.2, 0.25) is 0 Å². The molecule has 0 radical (unpaired) electrons. The molecule has 0 aliphatic carbocycles. The van der Waals surface area contributed by atoms with Crippen molar-refractivity contribution in [2.24, 2.45) is 0 Å². The van der Waals surface area contributed by atoms with E-state index >= 15 is 0 Å². The van der Waals surface area contributed by atoms with E-state index in [4.69, 9.17) is 10.8 Å². The average Bonchev–Trinajstić information content (AvgIpc) is 2.28. The summed E-state index contributed by atoms with van der Waals surface area (Å²) in [5, 5.41) is 8.87. The first-order valence-corrected chi connectivity index (χ1v) is 6.84. The quantitative estimate of drug-likeness (QED) is 0.757. The predicted molar refractivity (Wildman–Crippen MR) is 67.1 cm³/mol. The van der Waals surface area contributed by atoms with Gasteiger partial charge in [0.05, 0.1) is 11.5 Å². The number of nitrogens with two attached hydrogens (primary N) is 1. The highest BCUT2D eigenvalue weighted by Gasteiger charge is 2.24. The molecular weight excluding hydrogens is 240 g/mol. The molecule has 0 bridgehead atoms. The summed E-state index contributed by atoms with van der Waals surface area (Å²) in [6.45, 7) is 3.66. The summed E-state index contributed by atoms with van der Waals surface area (Å²) in [7, 11) is -3.57. The van der Waals surface area contributed by atoms with Gasteiger partial charge in [-0.1, -0.05) is 13.0 Å². The molecule has 0 spiro atoms. The Morgan fingerprint density at radius 3 is 2.59 bits per heavy atom. The topological polar surface area (TPSA) is 83.6 Å². The van der Waals surface area contributed by atoms with Gasteiger partial charge in [0, 0.05) is 18.8 Å². The van der Waals surface area contributed by atoms with Crippen LogP contribution < -0.4 is 5.73 Å². The number of hydrogen-bond donors (Lipinski definition) is 2. The van der Waals surface area contributed by atoms with E-state index in [-0.39, 0.29) is 18.0 Å². The van der Waals surface area contributed by atoms with Gasteiger partial charge in [0.1, 0.15) is 0 Å². The molecule has 5 nitrogen and oxygen atoms in total. The second-order valence-corrected chi connectivity index (χ2v) is 5.65. The summed E-state index contributed by atoms with van der Waals surface area (Å²) >= 11 is 0. The van der Waals surface area contributed by atoms with Crippen LogP contribution in [0.1, 0.15) is 12.5 Å². The number of anilines is 1. The first-order chi connectivity index (χ1) is 7.93. The summed E-state index contributed by atoms with van der Waals surface area (Å²) in [4.78, 5) is 0.202. The molecule has 1 rings (SSSR count). The number of nitrogens with zero attached hydrogens (tertiary/aromatic N) is 1. The first-order valence-electron chi connectivity index (χ1n) is 5.40. The molecule has 6 heteroatoms. The minimum Gasteiger partial charge on any atom is -0.399 e. The SMILES string of the molecule is CCN(CCO)S(=O)(=O)c1cc(N)ccc1C. The zero-order chi connectivity index (χ0) is 13.1. The van der Waals surface area contributed by atoms with Crippen LogP contribution in [0, 0.1) is 6.92 Å². The van der Waals surface area contributed by atoms with Crippen molar-refractivity contribution in [3.63, 3.8) is 0 Å². The number of rotatable bonds is 5. The van der Waals surface area contributed by atoms with Gasteiger partial charge >= 0.3 is 0 Å². The Labute approximate surface area is 102 Å². The summed E-state index contributed by atoms with van der Waals surface area (Å²) in [5.41, 5.74) is 6.67. The Hall–Kier alpha value is -1.11. The minimum absolute atomic E-state index is 0.0903. The highest BCUT2D eigenvalue weighted by molar-refractivity contribution is 7.89. The lowest BCUT2D eigenvalue weighted by molar-refractivity contribution is 0.257. The highest BCUT2D eigenvalue weighted by Crippen LogP contribution is 2.21. The van der Waals surface area contributed by atoms with Crippen LogP contribution >= 0.6 is 0 Å². The number of sulfonamides is 1. The first kappa shape index (κ1) is 14.0. The second-order valence-electron chi connectivity index (χ2n) is 3.75. The summed E-state index contributed by atoms with van der Waals surface area (Å²) in [6.07, 6.45) is 0. The molecular formula is C11H18N2O3S. The minimum atomic E-state index is -3.57. The lowest BCUT2D eigenvalue weighted by Crippen LogP contribution is -2.33. The van der Waals surface area contributed by atoms with Gasteiger partial charge in [0.15, 0.2) is 0 Å². The number of hydrogen-bond acceptors (Lipinski definition) is 4. The Balaban J connectivity index is 3.24. The molecule has 0 aliphatic heterocycles. The Morgan fingerprint density at radius 2 is 2.06 bits per heavy atom. The molecule has 0 amide bonds. The molecule has 0 heterocycles. The predicted octanol–water partition coefficient (Wildman–Crippen LogP) is 0.580. The van der Waals surface area contributed by atoms with E-state index in [1.807, 2.05) is 0 Å².